The molecule has 1 heterocycles. The highest BCUT2D eigenvalue weighted by atomic mass is 79.9. The van der Waals surface area contributed by atoms with Gasteiger partial charge in [0.1, 0.15) is 12.6 Å². The highest BCUT2D eigenvalue weighted by Gasteiger charge is 2.49. The molecule has 3 nitrogen and oxygen atoms in total. The number of ether oxygens (including phenoxy) is 1. The number of nitrogens with zero attached hydrogens (tertiary/aromatic N) is 1. The highest BCUT2D eigenvalue weighted by molar-refractivity contribution is 9.10. The number of rotatable bonds is 3. The Kier molecular flexibility index (Phi) is 6.03. The Balaban J connectivity index is 2.00. The molecule has 0 bridgehead atoms. The minimum Gasteiger partial charge on any atom is -0.444 e. The van der Waals surface area contributed by atoms with Crippen molar-refractivity contribution in [1.82, 2.24) is 0 Å². The van der Waals surface area contributed by atoms with Gasteiger partial charge in [-0.15, -0.1) is 0 Å². The third-order valence-corrected chi connectivity index (χ3v) is 5.28. The summed E-state index contributed by atoms with van der Waals surface area (Å²) in [7, 11) is 0. The predicted molar refractivity (Wildman–Crippen MR) is 106 cm³/mol. The number of carbonyl (C=O) groups excluding carboxylic acids is 1. The Labute approximate surface area is 170 Å². The molecule has 1 unspecified atom stereocenters. The molecule has 1 aliphatic rings. The first-order valence-corrected chi connectivity index (χ1v) is 9.86. The molecule has 7 heteroatoms. The van der Waals surface area contributed by atoms with Gasteiger partial charge in [0, 0.05) is 4.47 Å². The van der Waals surface area contributed by atoms with Gasteiger partial charge in [-0.1, -0.05) is 60.1 Å². The fourth-order valence-electron chi connectivity index (χ4n) is 3.50. The summed E-state index contributed by atoms with van der Waals surface area (Å²) in [5, 5.41) is 0. The van der Waals surface area contributed by atoms with Crippen molar-refractivity contribution in [3.05, 3.63) is 63.6 Å². The van der Waals surface area contributed by atoms with Crippen LogP contribution in [0, 0.1) is 0 Å². The van der Waals surface area contributed by atoms with Crippen molar-refractivity contribution in [2.24, 2.45) is 0 Å². The molecule has 0 spiro atoms. The largest absolute Gasteiger partial charge is 0.444 e. The monoisotopic (exact) mass is 455 g/mol. The topological polar surface area (TPSA) is 29.5 Å². The number of alkyl halides is 3. The number of carbonyl (C=O) groups is 1. The van der Waals surface area contributed by atoms with Crippen LogP contribution >= 0.6 is 15.9 Å². The van der Waals surface area contributed by atoms with Crippen LogP contribution in [-0.2, 0) is 17.8 Å². The van der Waals surface area contributed by atoms with Crippen molar-refractivity contribution in [3.8, 4) is 0 Å². The summed E-state index contributed by atoms with van der Waals surface area (Å²) in [4.78, 5) is 13.7. The molecule has 28 heavy (non-hydrogen) atoms. The Morgan fingerprint density at radius 1 is 1.25 bits per heavy atom. The second-order valence-electron chi connectivity index (χ2n) is 7.16. The summed E-state index contributed by atoms with van der Waals surface area (Å²) < 4.78 is 47.4. The van der Waals surface area contributed by atoms with Gasteiger partial charge in [-0.05, 0) is 47.6 Å². The molecule has 0 N–H and O–H groups in total. The fraction of sp³-hybridized carbons (Fsp3) is 0.381. The number of benzene rings is 2. The van der Waals surface area contributed by atoms with Crippen LogP contribution in [-0.4, -0.2) is 18.3 Å². The van der Waals surface area contributed by atoms with E-state index in [-0.39, 0.29) is 25.4 Å². The number of aryl methyl sites for hydroxylation is 1. The average Bonchev–Trinajstić information content (AvgIpc) is 2.64. The van der Waals surface area contributed by atoms with Crippen LogP contribution in [0.2, 0.25) is 0 Å². The normalized spacial score (nSPS) is 16.8. The predicted octanol–water partition coefficient (Wildman–Crippen LogP) is 6.59. The van der Waals surface area contributed by atoms with E-state index in [1.165, 1.54) is 0 Å². The zero-order chi connectivity index (χ0) is 20.5. The molecule has 0 saturated carbocycles. The molecule has 3 rings (SSSR count). The third kappa shape index (κ3) is 4.35. The van der Waals surface area contributed by atoms with Crippen molar-refractivity contribution >= 4 is 27.7 Å². The van der Waals surface area contributed by atoms with Gasteiger partial charge in [0.15, 0.2) is 0 Å². The molecule has 1 aliphatic heterocycles. The van der Waals surface area contributed by atoms with Gasteiger partial charge in [-0.25, -0.2) is 4.79 Å². The lowest BCUT2D eigenvalue weighted by atomic mass is 9.89. The molecule has 1 atom stereocenters. The van der Waals surface area contributed by atoms with Gasteiger partial charge in [0.05, 0.1) is 5.69 Å². The van der Waals surface area contributed by atoms with Crippen LogP contribution in [0.4, 0.5) is 23.7 Å². The maximum absolute atomic E-state index is 13.8. The zero-order valence-corrected chi connectivity index (χ0v) is 17.2. The van der Waals surface area contributed by atoms with Crippen molar-refractivity contribution in [2.75, 3.05) is 4.90 Å². The summed E-state index contributed by atoms with van der Waals surface area (Å²) in [5.41, 5.74) is 2.45. The van der Waals surface area contributed by atoms with E-state index in [0.29, 0.717) is 11.3 Å². The number of halogens is 4. The van der Waals surface area contributed by atoms with E-state index in [1.807, 2.05) is 19.9 Å². The van der Waals surface area contributed by atoms with Crippen molar-refractivity contribution in [2.45, 2.75) is 51.4 Å². The van der Waals surface area contributed by atoms with Gasteiger partial charge in [-0.2, -0.15) is 13.2 Å². The summed E-state index contributed by atoms with van der Waals surface area (Å²) in [6.45, 7) is 3.71. The van der Waals surface area contributed by atoms with Crippen LogP contribution in [0.5, 0.6) is 0 Å². The number of hydrogen-bond donors (Lipinski definition) is 0. The van der Waals surface area contributed by atoms with Gasteiger partial charge in [0.2, 0.25) is 0 Å². The lowest BCUT2D eigenvalue weighted by molar-refractivity contribution is -0.150. The molecule has 0 saturated heterocycles. The van der Waals surface area contributed by atoms with Crippen LogP contribution in [0.1, 0.15) is 42.9 Å². The average molecular weight is 456 g/mol. The Hall–Kier alpha value is -2.02. The Bertz CT molecular complexity index is 853. The first-order chi connectivity index (χ1) is 13.2. The van der Waals surface area contributed by atoms with Crippen LogP contribution in [0.3, 0.4) is 0 Å². The van der Waals surface area contributed by atoms with Gasteiger partial charge in [-0.3, -0.25) is 4.90 Å². The first-order valence-electron chi connectivity index (χ1n) is 9.07. The lowest BCUT2D eigenvalue weighted by Crippen LogP contribution is -2.52. The summed E-state index contributed by atoms with van der Waals surface area (Å²) in [5.74, 6) is -0.0531. The number of hydrogen-bond acceptors (Lipinski definition) is 2. The minimum atomic E-state index is -4.54. The molecule has 0 aliphatic carbocycles. The SMILES string of the molecule is CC(C)c1cc(Br)cc2c1N(C(=O)OCc1ccccc1)C(C(F)(F)F)CC2. The Morgan fingerprint density at radius 2 is 1.93 bits per heavy atom. The van der Waals surface area contributed by atoms with Crippen molar-refractivity contribution < 1.29 is 22.7 Å². The zero-order valence-electron chi connectivity index (χ0n) is 15.6. The summed E-state index contributed by atoms with van der Waals surface area (Å²) >= 11 is 3.43. The molecule has 0 aromatic heterocycles. The second-order valence-corrected chi connectivity index (χ2v) is 8.08. The maximum Gasteiger partial charge on any atom is 0.415 e. The number of fused-ring (bicyclic) bond motifs is 1. The summed E-state index contributed by atoms with van der Waals surface area (Å²) in [6.07, 6.45) is -5.45. The van der Waals surface area contributed by atoms with Gasteiger partial charge < -0.3 is 4.74 Å². The molecule has 2 aromatic carbocycles. The molecule has 150 valence electrons. The molecular formula is C21H21BrF3NO2. The number of amides is 1. The first kappa shape index (κ1) is 20.7. The maximum atomic E-state index is 13.8. The number of anilines is 1. The van der Waals surface area contributed by atoms with E-state index in [1.54, 1.807) is 36.4 Å². The standard InChI is InChI=1S/C21H21BrF3NO2/c1-13(2)17-11-16(22)10-15-8-9-18(21(23,24)25)26(19(15)17)20(27)28-12-14-6-4-3-5-7-14/h3-7,10-11,13,18H,8-9,12H2,1-2H3. The third-order valence-electron chi connectivity index (χ3n) is 4.82. The van der Waals surface area contributed by atoms with E-state index in [2.05, 4.69) is 15.9 Å². The van der Waals surface area contributed by atoms with Crippen LogP contribution in [0.25, 0.3) is 0 Å². The van der Waals surface area contributed by atoms with Crippen molar-refractivity contribution in [1.29, 1.82) is 0 Å². The lowest BCUT2D eigenvalue weighted by Gasteiger charge is -2.39. The molecule has 1 amide bonds. The summed E-state index contributed by atoms with van der Waals surface area (Å²) in [6, 6.07) is 10.6. The second kappa shape index (κ2) is 8.15. The van der Waals surface area contributed by atoms with E-state index in [0.717, 1.165) is 20.5 Å². The van der Waals surface area contributed by atoms with Gasteiger partial charge in [0.25, 0.3) is 0 Å². The van der Waals surface area contributed by atoms with Crippen LogP contribution < -0.4 is 4.90 Å². The van der Waals surface area contributed by atoms with E-state index in [4.69, 9.17) is 4.74 Å². The quantitative estimate of drug-likeness (QED) is 0.522. The smallest absolute Gasteiger partial charge is 0.415 e. The van der Waals surface area contributed by atoms with Gasteiger partial charge >= 0.3 is 12.3 Å². The van der Waals surface area contributed by atoms with E-state index in [9.17, 15) is 18.0 Å². The minimum absolute atomic E-state index is 0.0531. The van der Waals surface area contributed by atoms with Crippen LogP contribution in [0.15, 0.2) is 46.9 Å². The van der Waals surface area contributed by atoms with Crippen molar-refractivity contribution in [3.63, 3.8) is 0 Å². The molecule has 0 fully saturated rings. The highest BCUT2D eigenvalue weighted by Crippen LogP contribution is 2.43. The van der Waals surface area contributed by atoms with E-state index < -0.39 is 18.3 Å². The molecular weight excluding hydrogens is 435 g/mol. The molecule has 2 aromatic rings. The fourth-order valence-corrected chi connectivity index (χ4v) is 4.02. The Morgan fingerprint density at radius 3 is 2.54 bits per heavy atom. The van der Waals surface area contributed by atoms with E-state index >= 15 is 0 Å². The molecule has 0 radical (unpaired) electrons.